The number of hydrogen-bond acceptors (Lipinski definition) is 6. The molecule has 0 aliphatic rings. The molecule has 196 valence electrons. The molecule has 0 bridgehead atoms. The number of para-hydroxylation sites is 1. The molecule has 4 N–H and O–H groups in total. The van der Waals surface area contributed by atoms with Gasteiger partial charge in [-0.1, -0.05) is 48.5 Å². The van der Waals surface area contributed by atoms with Gasteiger partial charge in [0, 0.05) is 13.1 Å². The Labute approximate surface area is 212 Å². The van der Waals surface area contributed by atoms with Crippen LogP contribution in [0.2, 0.25) is 0 Å². The first-order valence-corrected chi connectivity index (χ1v) is 12.1. The number of aromatic hydroxyl groups is 1. The average Bonchev–Trinajstić information content (AvgIpc) is 2.82. The van der Waals surface area contributed by atoms with Gasteiger partial charge in [-0.15, -0.1) is 0 Å². The summed E-state index contributed by atoms with van der Waals surface area (Å²) in [5.74, 6) is -0.175. The monoisotopic (exact) mass is 499 g/mol. The number of amides is 3. The Morgan fingerprint density at radius 3 is 2.28 bits per heavy atom. The van der Waals surface area contributed by atoms with Crippen molar-refractivity contribution < 1.29 is 29.0 Å². The summed E-state index contributed by atoms with van der Waals surface area (Å²) >= 11 is 0. The smallest absolute Gasteiger partial charge is 0.408 e. The summed E-state index contributed by atoms with van der Waals surface area (Å²) in [6.07, 6.45) is 0.797. The number of alkyl carbamates (subject to hydrolysis) is 2. The lowest BCUT2D eigenvalue weighted by molar-refractivity contribution is -0.123. The third-order valence-corrected chi connectivity index (χ3v) is 5.09. The van der Waals surface area contributed by atoms with Gasteiger partial charge in [0.1, 0.15) is 24.0 Å². The van der Waals surface area contributed by atoms with E-state index in [1.165, 1.54) is 0 Å². The number of nitrogens with one attached hydrogen (secondary N) is 3. The molecular formula is C27H37N3O6. The molecule has 36 heavy (non-hydrogen) atoms. The van der Waals surface area contributed by atoms with Crippen LogP contribution < -0.4 is 16.0 Å². The number of carbonyl (C=O) groups is 3. The van der Waals surface area contributed by atoms with Crippen molar-refractivity contribution in [3.63, 3.8) is 0 Å². The van der Waals surface area contributed by atoms with Gasteiger partial charge in [-0.2, -0.15) is 0 Å². The number of unbranched alkanes of at least 4 members (excludes halogenated alkanes) is 1. The van der Waals surface area contributed by atoms with E-state index >= 15 is 0 Å². The normalized spacial score (nSPS) is 11.8. The van der Waals surface area contributed by atoms with Crippen LogP contribution in [0.15, 0.2) is 54.6 Å². The quantitative estimate of drug-likeness (QED) is 0.327. The highest BCUT2D eigenvalue weighted by Gasteiger charge is 2.21. The van der Waals surface area contributed by atoms with Gasteiger partial charge < -0.3 is 30.5 Å². The Balaban J connectivity index is 1.84. The number of hydrogen-bond donors (Lipinski definition) is 4. The van der Waals surface area contributed by atoms with Crippen molar-refractivity contribution in [2.24, 2.45) is 0 Å². The van der Waals surface area contributed by atoms with Gasteiger partial charge in [-0.05, 0) is 63.6 Å². The number of rotatable bonds is 12. The van der Waals surface area contributed by atoms with E-state index in [4.69, 9.17) is 9.47 Å². The lowest BCUT2D eigenvalue weighted by Gasteiger charge is -2.20. The number of carbonyl (C=O) groups excluding carboxylic acids is 3. The van der Waals surface area contributed by atoms with Crippen LogP contribution in [0.5, 0.6) is 5.75 Å². The molecule has 2 aromatic carbocycles. The lowest BCUT2D eigenvalue weighted by atomic mass is 10.1. The third-order valence-electron chi connectivity index (χ3n) is 5.09. The standard InChI is InChI=1S/C27H37N3O6/c1-27(2,3)36-25(33)29-17-10-9-14-22(30-26(34)35-19-20-11-5-4-6-12-20)24(32)28-18-16-21-13-7-8-15-23(21)31/h4-8,11-13,15,22,31H,9-10,14,16-19H2,1-3H3,(H,28,32)(H,29,33)(H,30,34)/t22-/m0/s1. The van der Waals surface area contributed by atoms with Crippen molar-refractivity contribution in [3.05, 3.63) is 65.7 Å². The molecule has 0 radical (unpaired) electrons. The predicted molar refractivity (Wildman–Crippen MR) is 136 cm³/mol. The average molecular weight is 500 g/mol. The zero-order valence-electron chi connectivity index (χ0n) is 21.2. The van der Waals surface area contributed by atoms with E-state index in [1.54, 1.807) is 39.0 Å². The van der Waals surface area contributed by atoms with E-state index in [0.717, 1.165) is 11.1 Å². The molecule has 0 heterocycles. The van der Waals surface area contributed by atoms with Gasteiger partial charge in [-0.25, -0.2) is 9.59 Å². The van der Waals surface area contributed by atoms with Crippen LogP contribution in [0.4, 0.5) is 9.59 Å². The van der Waals surface area contributed by atoms with E-state index in [9.17, 15) is 19.5 Å². The van der Waals surface area contributed by atoms with Crippen molar-refractivity contribution in [1.29, 1.82) is 0 Å². The Morgan fingerprint density at radius 1 is 0.889 bits per heavy atom. The molecule has 1 atom stereocenters. The largest absolute Gasteiger partial charge is 0.508 e. The lowest BCUT2D eigenvalue weighted by Crippen LogP contribution is -2.47. The molecule has 0 saturated heterocycles. The molecule has 0 unspecified atom stereocenters. The minimum Gasteiger partial charge on any atom is -0.508 e. The van der Waals surface area contributed by atoms with Crippen LogP contribution in [-0.2, 0) is 27.3 Å². The Bertz CT molecular complexity index is 975. The third kappa shape index (κ3) is 11.6. The van der Waals surface area contributed by atoms with Crippen LogP contribution in [0.1, 0.15) is 51.2 Å². The Hall–Kier alpha value is -3.75. The molecule has 3 amide bonds. The highest BCUT2D eigenvalue weighted by Crippen LogP contribution is 2.15. The Morgan fingerprint density at radius 2 is 1.58 bits per heavy atom. The second-order valence-corrected chi connectivity index (χ2v) is 9.35. The molecule has 0 aliphatic carbocycles. The zero-order chi connectivity index (χ0) is 26.4. The predicted octanol–water partition coefficient (Wildman–Crippen LogP) is 4.04. The number of benzene rings is 2. The first-order chi connectivity index (χ1) is 17.1. The maximum Gasteiger partial charge on any atom is 0.408 e. The van der Waals surface area contributed by atoms with Crippen LogP contribution in [-0.4, -0.2) is 47.9 Å². The highest BCUT2D eigenvalue weighted by molar-refractivity contribution is 5.85. The fraction of sp³-hybridized carbons (Fsp3) is 0.444. The van der Waals surface area contributed by atoms with E-state index in [0.29, 0.717) is 38.8 Å². The maximum atomic E-state index is 12.8. The molecule has 2 aromatic rings. The van der Waals surface area contributed by atoms with Gasteiger partial charge in [-0.3, -0.25) is 4.79 Å². The van der Waals surface area contributed by atoms with Gasteiger partial charge in [0.15, 0.2) is 0 Å². The van der Waals surface area contributed by atoms with Crippen LogP contribution in [0, 0.1) is 0 Å². The van der Waals surface area contributed by atoms with Gasteiger partial charge in [0.25, 0.3) is 0 Å². The summed E-state index contributed by atoms with van der Waals surface area (Å²) in [5.41, 5.74) is 0.982. The number of ether oxygens (including phenoxy) is 2. The van der Waals surface area contributed by atoms with Crippen molar-refractivity contribution >= 4 is 18.1 Å². The van der Waals surface area contributed by atoms with Crippen molar-refractivity contribution in [2.75, 3.05) is 13.1 Å². The van der Waals surface area contributed by atoms with E-state index in [2.05, 4.69) is 16.0 Å². The highest BCUT2D eigenvalue weighted by atomic mass is 16.6. The SMILES string of the molecule is CC(C)(C)OC(=O)NCCCC[C@H](NC(=O)OCc1ccccc1)C(=O)NCCc1ccccc1O. The minimum atomic E-state index is -0.806. The molecule has 0 saturated carbocycles. The zero-order valence-corrected chi connectivity index (χ0v) is 21.2. The summed E-state index contributed by atoms with van der Waals surface area (Å²) in [6, 6.07) is 15.4. The van der Waals surface area contributed by atoms with Crippen molar-refractivity contribution in [3.8, 4) is 5.75 Å². The molecular weight excluding hydrogens is 462 g/mol. The molecule has 0 aromatic heterocycles. The molecule has 0 spiro atoms. The van der Waals surface area contributed by atoms with Crippen LogP contribution in [0.25, 0.3) is 0 Å². The van der Waals surface area contributed by atoms with E-state index in [-0.39, 0.29) is 18.3 Å². The summed E-state index contributed by atoms with van der Waals surface area (Å²) < 4.78 is 10.5. The van der Waals surface area contributed by atoms with Crippen molar-refractivity contribution in [2.45, 2.75) is 64.7 Å². The van der Waals surface area contributed by atoms with Gasteiger partial charge >= 0.3 is 12.2 Å². The fourth-order valence-corrected chi connectivity index (χ4v) is 3.32. The second kappa shape index (κ2) is 14.6. The maximum absolute atomic E-state index is 12.8. The second-order valence-electron chi connectivity index (χ2n) is 9.35. The van der Waals surface area contributed by atoms with E-state index < -0.39 is 23.8 Å². The molecule has 9 heteroatoms. The van der Waals surface area contributed by atoms with Gasteiger partial charge in [0.05, 0.1) is 0 Å². The Kier molecular flexibility index (Phi) is 11.6. The summed E-state index contributed by atoms with van der Waals surface area (Å²) in [7, 11) is 0. The first kappa shape index (κ1) is 28.5. The fourth-order valence-electron chi connectivity index (χ4n) is 3.32. The molecule has 0 aliphatic heterocycles. The number of phenolic OH excluding ortho intramolecular Hbond substituents is 1. The van der Waals surface area contributed by atoms with Crippen molar-refractivity contribution in [1.82, 2.24) is 16.0 Å². The van der Waals surface area contributed by atoms with E-state index in [1.807, 2.05) is 36.4 Å². The molecule has 0 fully saturated rings. The summed E-state index contributed by atoms with van der Waals surface area (Å²) in [4.78, 5) is 37.0. The minimum absolute atomic E-state index is 0.0914. The number of phenols is 1. The molecule has 9 nitrogen and oxygen atoms in total. The van der Waals surface area contributed by atoms with Crippen LogP contribution >= 0.6 is 0 Å². The summed E-state index contributed by atoms with van der Waals surface area (Å²) in [5, 5.41) is 18.0. The topological polar surface area (TPSA) is 126 Å². The van der Waals surface area contributed by atoms with Gasteiger partial charge in [0.2, 0.25) is 5.91 Å². The summed E-state index contributed by atoms with van der Waals surface area (Å²) in [6.45, 7) is 6.14. The molecule has 2 rings (SSSR count). The first-order valence-electron chi connectivity index (χ1n) is 12.1. The van der Waals surface area contributed by atoms with Crippen LogP contribution in [0.3, 0.4) is 0 Å².